The Bertz CT molecular complexity index is 986. The quantitative estimate of drug-likeness (QED) is 0.477. The minimum atomic E-state index is -1.43. The summed E-state index contributed by atoms with van der Waals surface area (Å²) in [6.45, 7) is -0.293. The summed E-state index contributed by atoms with van der Waals surface area (Å²) >= 11 is 5.67. The summed E-state index contributed by atoms with van der Waals surface area (Å²) in [4.78, 5) is 22.1. The molecule has 0 aromatic heterocycles. The van der Waals surface area contributed by atoms with Crippen LogP contribution >= 0.6 is 11.6 Å². The largest absolute Gasteiger partial charge is 0.486 e. The number of Topliss-reactive ketones (excluding diaryl/α,β-unsaturated/α-hetero) is 1. The lowest BCUT2D eigenvalue weighted by Gasteiger charge is -2.10. The number of nitrogens with zero attached hydrogens (tertiary/aromatic N) is 3. The van der Waals surface area contributed by atoms with E-state index in [0.29, 0.717) is 0 Å². The molecule has 0 N–H and O–H groups in total. The lowest BCUT2D eigenvalue weighted by Crippen LogP contribution is -2.14. The minimum absolute atomic E-state index is 0.0556. The molecule has 28 heavy (non-hydrogen) atoms. The predicted octanol–water partition coefficient (Wildman–Crippen LogP) is 4.18. The van der Waals surface area contributed by atoms with Crippen LogP contribution in [0.1, 0.15) is 6.42 Å². The van der Waals surface area contributed by atoms with Crippen molar-refractivity contribution in [3.8, 4) is 29.4 Å². The van der Waals surface area contributed by atoms with Gasteiger partial charge < -0.3 is 9.47 Å². The van der Waals surface area contributed by atoms with Crippen molar-refractivity contribution in [1.29, 1.82) is 10.5 Å². The highest BCUT2D eigenvalue weighted by Crippen LogP contribution is 2.34. The van der Waals surface area contributed by atoms with Crippen molar-refractivity contribution in [2.75, 3.05) is 6.61 Å². The van der Waals surface area contributed by atoms with Crippen LogP contribution in [-0.4, -0.2) is 17.3 Å². The molecule has 0 aliphatic carbocycles. The number of ether oxygens (including phenoxy) is 2. The molecule has 10 heteroatoms. The van der Waals surface area contributed by atoms with Crippen LogP contribution in [0.15, 0.2) is 36.4 Å². The Kier molecular flexibility index (Phi) is 6.85. The van der Waals surface area contributed by atoms with E-state index >= 15 is 0 Å². The summed E-state index contributed by atoms with van der Waals surface area (Å²) < 4.78 is 24.4. The van der Waals surface area contributed by atoms with Gasteiger partial charge >= 0.3 is 5.69 Å². The number of ketones is 1. The van der Waals surface area contributed by atoms with Crippen LogP contribution in [0.5, 0.6) is 17.2 Å². The molecule has 0 saturated heterocycles. The minimum Gasteiger partial charge on any atom is -0.486 e. The zero-order valence-electron chi connectivity index (χ0n) is 14.1. The highest BCUT2D eigenvalue weighted by atomic mass is 35.5. The topological polar surface area (TPSA) is 126 Å². The number of hydrogen-bond donors (Lipinski definition) is 0. The van der Waals surface area contributed by atoms with Gasteiger partial charge in [-0.05, 0) is 24.3 Å². The molecule has 0 heterocycles. The molecule has 142 valence electrons. The highest BCUT2D eigenvalue weighted by molar-refractivity contribution is 6.30. The van der Waals surface area contributed by atoms with Gasteiger partial charge in [0.15, 0.2) is 23.3 Å². The molecule has 0 atom stereocenters. The predicted molar refractivity (Wildman–Crippen MR) is 94.4 cm³/mol. The smallest absolute Gasteiger partial charge is 0.311 e. The maximum atomic E-state index is 13.8. The zero-order valence-corrected chi connectivity index (χ0v) is 14.9. The molecule has 0 aliphatic rings. The molecule has 0 radical (unpaired) electrons. The summed E-state index contributed by atoms with van der Waals surface area (Å²) in [5.41, 5.74) is -0.395. The fourth-order valence-electron chi connectivity index (χ4n) is 2.09. The van der Waals surface area contributed by atoms with E-state index in [-0.39, 0.29) is 35.3 Å². The number of carbonyl (C=O) groups excluding carboxylic acids is 1. The molecular formula is C18H11ClFN3O5. The van der Waals surface area contributed by atoms with Crippen molar-refractivity contribution < 1.29 is 23.6 Å². The van der Waals surface area contributed by atoms with Crippen molar-refractivity contribution in [2.45, 2.75) is 6.42 Å². The van der Waals surface area contributed by atoms with Gasteiger partial charge in [0, 0.05) is 23.6 Å². The Morgan fingerprint density at radius 2 is 1.93 bits per heavy atom. The third-order valence-corrected chi connectivity index (χ3v) is 3.67. The summed E-state index contributed by atoms with van der Waals surface area (Å²) in [7, 11) is 0. The van der Waals surface area contributed by atoms with Gasteiger partial charge in [-0.3, -0.25) is 14.9 Å². The van der Waals surface area contributed by atoms with Crippen LogP contribution in [0.2, 0.25) is 5.02 Å². The third-order valence-electron chi connectivity index (χ3n) is 3.44. The lowest BCUT2D eigenvalue weighted by molar-refractivity contribution is -0.385. The fraction of sp³-hybridized carbons (Fsp3) is 0.167. The molecule has 8 nitrogen and oxygen atoms in total. The standard InChI is InChI=1S/C18H11ClFN3O5/c19-12-1-4-17(14(20)7-12)28-13-2-3-15(23(25)26)18(8-13)27-6-5-16(24)11(9-21)10-22/h1-4,7-8,11H,5-6H2. The molecule has 0 bridgehead atoms. The molecule has 0 saturated carbocycles. The van der Waals surface area contributed by atoms with E-state index in [1.807, 2.05) is 0 Å². The average Bonchev–Trinajstić information content (AvgIpc) is 2.65. The van der Waals surface area contributed by atoms with Gasteiger partial charge in [0.1, 0.15) is 5.75 Å². The van der Waals surface area contributed by atoms with Gasteiger partial charge in [0.2, 0.25) is 5.75 Å². The Morgan fingerprint density at radius 1 is 1.21 bits per heavy atom. The van der Waals surface area contributed by atoms with Crippen LogP contribution in [0, 0.1) is 44.5 Å². The van der Waals surface area contributed by atoms with Crippen molar-refractivity contribution in [2.24, 2.45) is 5.92 Å². The number of benzene rings is 2. The van der Waals surface area contributed by atoms with E-state index in [4.69, 9.17) is 31.6 Å². The second-order valence-electron chi connectivity index (χ2n) is 5.32. The van der Waals surface area contributed by atoms with Gasteiger partial charge in [-0.1, -0.05) is 11.6 Å². The van der Waals surface area contributed by atoms with Crippen molar-refractivity contribution in [3.63, 3.8) is 0 Å². The summed E-state index contributed by atoms with van der Waals surface area (Å²) in [5, 5.41) is 28.6. The number of nitro benzene ring substituents is 1. The molecule has 0 unspecified atom stereocenters. The van der Waals surface area contributed by atoms with Crippen LogP contribution in [0.3, 0.4) is 0 Å². The zero-order chi connectivity index (χ0) is 20.7. The Labute approximate surface area is 163 Å². The van der Waals surface area contributed by atoms with Crippen LogP contribution in [-0.2, 0) is 4.79 Å². The summed E-state index contributed by atoms with van der Waals surface area (Å²) in [6, 6.07) is 10.4. The molecule has 2 rings (SSSR count). The van der Waals surface area contributed by atoms with Crippen LogP contribution in [0.4, 0.5) is 10.1 Å². The van der Waals surface area contributed by atoms with Gasteiger partial charge in [-0.2, -0.15) is 10.5 Å². The third kappa shape index (κ3) is 5.16. The van der Waals surface area contributed by atoms with Crippen LogP contribution < -0.4 is 9.47 Å². The van der Waals surface area contributed by atoms with E-state index in [1.165, 1.54) is 36.4 Å². The first kappa shape index (κ1) is 20.6. The van der Waals surface area contributed by atoms with Crippen LogP contribution in [0.25, 0.3) is 0 Å². The molecule has 0 spiro atoms. The summed E-state index contributed by atoms with van der Waals surface area (Å²) in [6.07, 6.45) is -0.292. The number of nitro groups is 1. The van der Waals surface area contributed by atoms with Crippen molar-refractivity contribution in [1.82, 2.24) is 0 Å². The van der Waals surface area contributed by atoms with Gasteiger partial charge in [0.25, 0.3) is 0 Å². The SMILES string of the molecule is N#CC(C#N)C(=O)CCOc1cc(Oc2ccc(Cl)cc2F)ccc1[N+](=O)[O-]. The average molecular weight is 404 g/mol. The maximum Gasteiger partial charge on any atom is 0.311 e. The van der Waals surface area contributed by atoms with Gasteiger partial charge in [0.05, 0.1) is 23.7 Å². The normalized spacial score (nSPS) is 10.0. The highest BCUT2D eigenvalue weighted by Gasteiger charge is 2.20. The number of hydrogen-bond acceptors (Lipinski definition) is 7. The van der Waals surface area contributed by atoms with E-state index in [2.05, 4.69) is 0 Å². The van der Waals surface area contributed by atoms with Crippen molar-refractivity contribution in [3.05, 3.63) is 57.4 Å². The Hall–Kier alpha value is -3.69. The number of rotatable bonds is 8. The molecule has 2 aromatic rings. The van der Waals surface area contributed by atoms with Gasteiger partial charge in [-0.15, -0.1) is 0 Å². The van der Waals surface area contributed by atoms with Crippen molar-refractivity contribution >= 4 is 23.1 Å². The molecule has 0 fully saturated rings. The fourth-order valence-corrected chi connectivity index (χ4v) is 2.25. The molecule has 2 aromatic carbocycles. The summed E-state index contributed by atoms with van der Waals surface area (Å²) in [5.74, 6) is -3.12. The van der Waals surface area contributed by atoms with E-state index in [0.717, 1.165) is 12.1 Å². The number of carbonyl (C=O) groups is 1. The number of halogens is 2. The second kappa shape index (κ2) is 9.31. The first-order chi connectivity index (χ1) is 13.3. The van der Waals surface area contributed by atoms with Gasteiger partial charge in [-0.25, -0.2) is 4.39 Å². The van der Waals surface area contributed by atoms with E-state index in [1.54, 1.807) is 0 Å². The lowest BCUT2D eigenvalue weighted by atomic mass is 10.1. The Balaban J connectivity index is 2.17. The van der Waals surface area contributed by atoms with E-state index < -0.39 is 28.1 Å². The first-order valence-electron chi connectivity index (χ1n) is 7.71. The maximum absolute atomic E-state index is 13.8. The number of nitriles is 2. The monoisotopic (exact) mass is 403 g/mol. The molecule has 0 amide bonds. The molecule has 0 aliphatic heterocycles. The second-order valence-corrected chi connectivity index (χ2v) is 5.76. The van der Waals surface area contributed by atoms with E-state index in [9.17, 15) is 19.3 Å². The first-order valence-corrected chi connectivity index (χ1v) is 8.09. The molecular weight excluding hydrogens is 393 g/mol. The Morgan fingerprint density at radius 3 is 2.54 bits per heavy atom.